The normalized spacial score (nSPS) is 9.36. The molecule has 0 heterocycles. The van der Waals surface area contributed by atoms with Gasteiger partial charge in [0.05, 0.1) is 0 Å². The summed E-state index contributed by atoms with van der Waals surface area (Å²) in [7, 11) is 6.00. The van der Waals surface area contributed by atoms with Crippen molar-refractivity contribution in [3.63, 3.8) is 0 Å². The predicted molar refractivity (Wildman–Crippen MR) is 67.3 cm³/mol. The molecule has 0 aromatic heterocycles. The summed E-state index contributed by atoms with van der Waals surface area (Å²) < 4.78 is 0. The van der Waals surface area contributed by atoms with E-state index in [0.29, 0.717) is 0 Å². The fourth-order valence-electron chi connectivity index (χ4n) is 0.854. The van der Waals surface area contributed by atoms with Crippen LogP contribution < -0.4 is 5.46 Å². The molecular formula is C10H17BBrNO. The molecule has 0 saturated carbocycles. The van der Waals surface area contributed by atoms with Crippen LogP contribution in [0.1, 0.15) is 5.56 Å². The molecule has 2 nitrogen and oxygen atoms in total. The lowest BCUT2D eigenvalue weighted by Crippen LogP contribution is -2.25. The molecule has 0 amide bonds. The molecule has 0 fully saturated rings. The van der Waals surface area contributed by atoms with Crippen molar-refractivity contribution in [2.45, 2.75) is 6.92 Å². The Morgan fingerprint density at radius 3 is 1.93 bits per heavy atom. The van der Waals surface area contributed by atoms with Gasteiger partial charge in [-0.15, -0.1) is 15.8 Å². The molecule has 1 rings (SSSR count). The Hall–Kier alpha value is -0.315. The van der Waals surface area contributed by atoms with Crippen LogP contribution in [-0.4, -0.2) is 36.8 Å². The molecule has 1 N–H and O–H groups in total. The van der Waals surface area contributed by atoms with Crippen LogP contribution in [0.5, 0.6) is 0 Å². The van der Waals surface area contributed by atoms with E-state index in [2.05, 4.69) is 15.8 Å². The van der Waals surface area contributed by atoms with Crippen LogP contribution >= 0.6 is 15.8 Å². The highest BCUT2D eigenvalue weighted by molar-refractivity contribution is 9.24. The molecule has 0 radical (unpaired) electrons. The van der Waals surface area contributed by atoms with Gasteiger partial charge in [0.2, 0.25) is 0 Å². The van der Waals surface area contributed by atoms with Crippen molar-refractivity contribution >= 4 is 27.0 Å². The van der Waals surface area contributed by atoms with Gasteiger partial charge in [-0.2, -0.15) is 0 Å². The van der Waals surface area contributed by atoms with Gasteiger partial charge >= 0.3 is 5.74 Å². The summed E-state index contributed by atoms with van der Waals surface area (Å²) in [5, 5.41) is 9.12. The van der Waals surface area contributed by atoms with E-state index in [-0.39, 0.29) is 0 Å². The van der Waals surface area contributed by atoms with Gasteiger partial charge in [-0.3, -0.25) is 0 Å². The van der Waals surface area contributed by atoms with Crippen molar-refractivity contribution in [2.75, 3.05) is 21.1 Å². The minimum Gasteiger partial charge on any atom is -0.437 e. The highest BCUT2D eigenvalue weighted by Gasteiger charge is 2.09. The molecule has 1 aromatic rings. The van der Waals surface area contributed by atoms with E-state index in [4.69, 9.17) is 5.02 Å². The first-order valence-electron chi connectivity index (χ1n) is 4.43. The topological polar surface area (TPSA) is 23.5 Å². The number of benzene rings is 1. The lowest BCUT2D eigenvalue weighted by Gasteiger charge is -2.01. The third-order valence-electron chi connectivity index (χ3n) is 1.45. The predicted octanol–water partition coefficient (Wildman–Crippen LogP) is 1.26. The van der Waals surface area contributed by atoms with Gasteiger partial charge in [0.25, 0.3) is 0 Å². The van der Waals surface area contributed by atoms with E-state index in [1.807, 2.05) is 57.2 Å². The maximum atomic E-state index is 9.12. The number of aryl methyl sites for hydroxylation is 1. The second kappa shape index (κ2) is 7.04. The maximum Gasteiger partial charge on any atom is 0.403 e. The van der Waals surface area contributed by atoms with Crippen LogP contribution in [0.15, 0.2) is 24.3 Å². The van der Waals surface area contributed by atoms with Crippen molar-refractivity contribution in [3.8, 4) is 0 Å². The summed E-state index contributed by atoms with van der Waals surface area (Å²) >= 11 is 3.09. The van der Waals surface area contributed by atoms with E-state index >= 15 is 0 Å². The number of nitrogens with zero attached hydrogens (tertiary/aromatic N) is 1. The second-order valence-electron chi connectivity index (χ2n) is 3.53. The van der Waals surface area contributed by atoms with Crippen molar-refractivity contribution in [1.82, 2.24) is 4.90 Å². The Kier molecular flexibility index (Phi) is 6.88. The zero-order chi connectivity index (χ0) is 11.1. The fourth-order valence-corrected chi connectivity index (χ4v) is 1.37. The van der Waals surface area contributed by atoms with Gasteiger partial charge in [-0.25, -0.2) is 0 Å². The quantitative estimate of drug-likeness (QED) is 0.766. The lowest BCUT2D eigenvalue weighted by molar-refractivity contribution is 0.505. The molecule has 0 aliphatic carbocycles. The van der Waals surface area contributed by atoms with Crippen LogP contribution in [-0.2, 0) is 0 Å². The standard InChI is InChI=1S/C7H8BBrO.C3H9N/c1-6-4-2-3-5-7(6)8(9)10;1-4(2)3/h2-5,10H,1H3;1-3H3. The summed E-state index contributed by atoms with van der Waals surface area (Å²) in [6, 6.07) is 7.73. The van der Waals surface area contributed by atoms with Crippen LogP contribution in [0.4, 0.5) is 0 Å². The molecule has 0 spiro atoms. The van der Waals surface area contributed by atoms with E-state index in [9.17, 15) is 0 Å². The minimum absolute atomic E-state index is 0.534. The number of hydrogen-bond donors (Lipinski definition) is 1. The highest BCUT2D eigenvalue weighted by atomic mass is 79.9. The molecule has 0 saturated heterocycles. The third kappa shape index (κ3) is 6.19. The lowest BCUT2D eigenvalue weighted by atomic mass is 9.84. The largest absolute Gasteiger partial charge is 0.437 e. The first-order valence-corrected chi connectivity index (χ1v) is 5.35. The highest BCUT2D eigenvalue weighted by Crippen LogP contribution is 1.97. The van der Waals surface area contributed by atoms with E-state index < -0.39 is 5.74 Å². The van der Waals surface area contributed by atoms with Crippen molar-refractivity contribution in [3.05, 3.63) is 29.8 Å². The molecule has 0 unspecified atom stereocenters. The summed E-state index contributed by atoms with van der Waals surface area (Å²) in [6.07, 6.45) is 0. The van der Waals surface area contributed by atoms with E-state index in [1.165, 1.54) is 0 Å². The van der Waals surface area contributed by atoms with E-state index in [1.54, 1.807) is 0 Å². The Bertz CT molecular complexity index is 263. The first kappa shape index (κ1) is 13.7. The molecule has 0 aliphatic heterocycles. The summed E-state index contributed by atoms with van der Waals surface area (Å²) in [6.45, 7) is 1.97. The third-order valence-corrected chi connectivity index (χ3v) is 1.94. The molecule has 4 heteroatoms. The molecule has 0 aliphatic rings. The molecular weight excluding hydrogens is 241 g/mol. The number of halogens is 1. The second-order valence-corrected chi connectivity index (χ2v) is 4.40. The average molecular weight is 258 g/mol. The maximum absolute atomic E-state index is 9.12. The molecule has 1 aromatic carbocycles. The van der Waals surface area contributed by atoms with Gasteiger partial charge in [0.1, 0.15) is 0 Å². The monoisotopic (exact) mass is 257 g/mol. The Morgan fingerprint density at radius 1 is 1.21 bits per heavy atom. The van der Waals surface area contributed by atoms with Gasteiger partial charge in [0.15, 0.2) is 0 Å². The Balaban J connectivity index is 0.000000364. The van der Waals surface area contributed by atoms with Gasteiger partial charge < -0.3 is 9.92 Å². The van der Waals surface area contributed by atoms with Crippen LogP contribution in [0.2, 0.25) is 0 Å². The summed E-state index contributed by atoms with van der Waals surface area (Å²) in [5.74, 6) is 0. The Labute approximate surface area is 95.0 Å². The first-order chi connectivity index (χ1) is 6.45. The van der Waals surface area contributed by atoms with E-state index in [0.717, 1.165) is 11.0 Å². The van der Waals surface area contributed by atoms with Gasteiger partial charge in [-0.1, -0.05) is 29.8 Å². The summed E-state index contributed by atoms with van der Waals surface area (Å²) in [4.78, 5) is 2.00. The van der Waals surface area contributed by atoms with Crippen LogP contribution in [0, 0.1) is 6.92 Å². The van der Waals surface area contributed by atoms with Gasteiger partial charge in [-0.05, 0) is 33.5 Å². The minimum atomic E-state index is -0.534. The van der Waals surface area contributed by atoms with Crippen molar-refractivity contribution in [2.24, 2.45) is 0 Å². The van der Waals surface area contributed by atoms with Crippen molar-refractivity contribution in [1.29, 1.82) is 0 Å². The molecule has 14 heavy (non-hydrogen) atoms. The van der Waals surface area contributed by atoms with Crippen molar-refractivity contribution < 1.29 is 5.02 Å². The smallest absolute Gasteiger partial charge is 0.403 e. The van der Waals surface area contributed by atoms with Gasteiger partial charge in [0, 0.05) is 0 Å². The summed E-state index contributed by atoms with van der Waals surface area (Å²) in [5.41, 5.74) is 1.50. The molecule has 78 valence electrons. The van der Waals surface area contributed by atoms with Crippen LogP contribution in [0.25, 0.3) is 0 Å². The molecule has 0 bridgehead atoms. The number of hydrogen-bond acceptors (Lipinski definition) is 2. The SMILES string of the molecule is CN(C)C.Cc1ccccc1B(O)Br. The molecule has 0 atom stereocenters. The zero-order valence-corrected chi connectivity index (χ0v) is 10.7. The zero-order valence-electron chi connectivity index (χ0n) is 9.16. The van der Waals surface area contributed by atoms with Crippen LogP contribution in [0.3, 0.4) is 0 Å². The average Bonchev–Trinajstić information content (AvgIpc) is 2.03. The number of rotatable bonds is 1. The fraction of sp³-hybridized carbons (Fsp3) is 0.400. The Morgan fingerprint density at radius 2 is 1.64 bits per heavy atom.